The van der Waals surface area contributed by atoms with Crippen LogP contribution in [0.3, 0.4) is 0 Å². The number of hydrogen-bond donors (Lipinski definition) is 1. The molecular weight excluding hydrogens is 392 g/mol. The van der Waals surface area contributed by atoms with Crippen LogP contribution in [0.5, 0.6) is 0 Å². The first-order valence-electron chi connectivity index (χ1n) is 8.80. The molecule has 1 N–H and O–H groups in total. The van der Waals surface area contributed by atoms with Crippen LogP contribution in [0.15, 0.2) is 35.1 Å². The van der Waals surface area contributed by atoms with Gasteiger partial charge in [-0.1, -0.05) is 18.2 Å². The van der Waals surface area contributed by atoms with E-state index < -0.39 is 0 Å². The molecule has 28 heavy (non-hydrogen) atoms. The maximum atomic E-state index is 12.7. The van der Waals surface area contributed by atoms with Gasteiger partial charge in [-0.15, -0.1) is 23.1 Å². The maximum absolute atomic E-state index is 12.7. The number of amides is 1. The molecule has 0 bridgehead atoms. The number of H-pyrrole nitrogens is 1. The quantitative estimate of drug-likeness (QED) is 0.638. The molecule has 0 aliphatic carbocycles. The second-order valence-electron chi connectivity index (χ2n) is 6.26. The molecule has 0 fully saturated rings. The number of rotatable bonds is 7. The molecule has 0 atom stereocenters. The molecular formula is C20H20N4O2S2. The maximum Gasteiger partial charge on any atom is 0.259 e. The van der Waals surface area contributed by atoms with E-state index >= 15 is 0 Å². The van der Waals surface area contributed by atoms with Crippen LogP contribution in [0.4, 0.5) is 5.69 Å². The van der Waals surface area contributed by atoms with Crippen LogP contribution in [0.1, 0.15) is 22.7 Å². The molecule has 144 valence electrons. The average molecular weight is 413 g/mol. The van der Waals surface area contributed by atoms with E-state index in [2.05, 4.69) is 16.0 Å². The molecule has 0 unspecified atom stereocenters. The third kappa shape index (κ3) is 4.43. The van der Waals surface area contributed by atoms with E-state index in [-0.39, 0.29) is 23.6 Å². The zero-order chi connectivity index (χ0) is 20.1. The summed E-state index contributed by atoms with van der Waals surface area (Å²) in [6.45, 7) is 4.26. The molecule has 0 aliphatic heterocycles. The van der Waals surface area contributed by atoms with Crippen molar-refractivity contribution in [1.82, 2.24) is 9.97 Å². The Morgan fingerprint density at radius 1 is 1.32 bits per heavy atom. The van der Waals surface area contributed by atoms with Gasteiger partial charge in [0.05, 0.1) is 29.4 Å². The van der Waals surface area contributed by atoms with E-state index in [4.69, 9.17) is 5.26 Å². The van der Waals surface area contributed by atoms with Crippen molar-refractivity contribution in [2.45, 2.75) is 26.0 Å². The summed E-state index contributed by atoms with van der Waals surface area (Å²) in [7, 11) is 0. The van der Waals surface area contributed by atoms with Gasteiger partial charge in [-0.25, -0.2) is 4.98 Å². The molecule has 0 saturated carbocycles. The van der Waals surface area contributed by atoms with Crippen molar-refractivity contribution in [3.8, 4) is 6.07 Å². The van der Waals surface area contributed by atoms with Gasteiger partial charge in [0.25, 0.3) is 5.56 Å². The van der Waals surface area contributed by atoms with E-state index in [0.717, 1.165) is 21.0 Å². The van der Waals surface area contributed by atoms with Gasteiger partial charge in [0, 0.05) is 17.1 Å². The van der Waals surface area contributed by atoms with Gasteiger partial charge in [0.15, 0.2) is 0 Å². The third-order valence-corrected chi connectivity index (χ3v) is 6.40. The molecule has 3 aromatic rings. The minimum atomic E-state index is -0.131. The van der Waals surface area contributed by atoms with Gasteiger partial charge in [0.1, 0.15) is 10.7 Å². The number of aromatic amines is 1. The largest absolute Gasteiger partial charge is 0.311 e. The summed E-state index contributed by atoms with van der Waals surface area (Å²) in [5, 5.41) is 9.52. The lowest BCUT2D eigenvalue weighted by atomic mass is 10.2. The predicted molar refractivity (Wildman–Crippen MR) is 115 cm³/mol. The van der Waals surface area contributed by atoms with Gasteiger partial charge in [0.2, 0.25) is 5.91 Å². The number of nitrogens with zero attached hydrogens (tertiary/aromatic N) is 3. The van der Waals surface area contributed by atoms with Crippen LogP contribution in [-0.2, 0) is 10.5 Å². The van der Waals surface area contributed by atoms with Crippen molar-refractivity contribution in [2.75, 3.05) is 17.2 Å². The number of carbonyl (C=O) groups excluding carboxylic acids is 1. The number of fused-ring (bicyclic) bond motifs is 1. The number of anilines is 1. The second kappa shape index (κ2) is 9.04. The number of para-hydroxylation sites is 1. The minimum absolute atomic E-state index is 0.0716. The molecule has 8 heteroatoms. The number of nitriles is 1. The zero-order valence-corrected chi connectivity index (χ0v) is 17.3. The van der Waals surface area contributed by atoms with E-state index in [1.807, 2.05) is 44.2 Å². The van der Waals surface area contributed by atoms with Crippen LogP contribution >= 0.6 is 23.1 Å². The summed E-state index contributed by atoms with van der Waals surface area (Å²) in [6, 6.07) is 11.4. The number of nitrogens with one attached hydrogen (secondary N) is 1. The van der Waals surface area contributed by atoms with Gasteiger partial charge >= 0.3 is 0 Å². The van der Waals surface area contributed by atoms with Crippen LogP contribution in [-0.4, -0.2) is 28.2 Å². The van der Waals surface area contributed by atoms with Crippen molar-refractivity contribution in [3.05, 3.63) is 57.0 Å². The lowest BCUT2D eigenvalue weighted by Crippen LogP contribution is -2.33. The summed E-state index contributed by atoms with van der Waals surface area (Å²) in [6.07, 6.45) is 0.272. The van der Waals surface area contributed by atoms with E-state index in [0.29, 0.717) is 23.5 Å². The van der Waals surface area contributed by atoms with Crippen molar-refractivity contribution >= 4 is 44.9 Å². The Morgan fingerprint density at radius 3 is 2.79 bits per heavy atom. The Hall–Kier alpha value is -2.63. The molecule has 1 aromatic carbocycles. The van der Waals surface area contributed by atoms with Gasteiger partial charge in [-0.3, -0.25) is 9.59 Å². The lowest BCUT2D eigenvalue weighted by Gasteiger charge is -2.21. The molecule has 0 radical (unpaired) electrons. The first-order valence-corrected chi connectivity index (χ1v) is 10.8. The SMILES string of the molecule is Cc1sc2nc(CSCC(=O)N(CCC#N)c3ccccc3)[nH]c(=O)c2c1C. The molecule has 2 aromatic heterocycles. The highest BCUT2D eigenvalue weighted by Gasteiger charge is 2.16. The van der Waals surface area contributed by atoms with Crippen molar-refractivity contribution in [1.29, 1.82) is 5.26 Å². The molecule has 2 heterocycles. The summed E-state index contributed by atoms with van der Waals surface area (Å²) < 4.78 is 0. The molecule has 0 aliphatic rings. The summed E-state index contributed by atoms with van der Waals surface area (Å²) in [5.74, 6) is 1.18. The highest BCUT2D eigenvalue weighted by atomic mass is 32.2. The summed E-state index contributed by atoms with van der Waals surface area (Å²) in [4.78, 5) is 35.8. The van der Waals surface area contributed by atoms with Crippen LogP contribution < -0.4 is 10.5 Å². The van der Waals surface area contributed by atoms with Gasteiger partial charge in [-0.05, 0) is 31.5 Å². The second-order valence-corrected chi connectivity index (χ2v) is 8.45. The highest BCUT2D eigenvalue weighted by molar-refractivity contribution is 7.99. The van der Waals surface area contributed by atoms with Crippen LogP contribution in [0.25, 0.3) is 10.2 Å². The Balaban J connectivity index is 1.68. The summed E-state index contributed by atoms with van der Waals surface area (Å²) in [5.41, 5.74) is 1.62. The first-order chi connectivity index (χ1) is 13.5. The van der Waals surface area contributed by atoms with Gasteiger partial charge in [-0.2, -0.15) is 5.26 Å². The molecule has 3 rings (SSSR count). The normalized spacial score (nSPS) is 10.8. The van der Waals surface area contributed by atoms with Crippen molar-refractivity contribution in [2.24, 2.45) is 0 Å². The number of aromatic nitrogens is 2. The third-order valence-electron chi connectivity index (χ3n) is 4.37. The Labute approximate surface area is 171 Å². The highest BCUT2D eigenvalue weighted by Crippen LogP contribution is 2.26. The van der Waals surface area contributed by atoms with E-state index in [1.54, 1.807) is 4.90 Å². The van der Waals surface area contributed by atoms with Gasteiger partial charge < -0.3 is 9.88 Å². The Kier molecular flexibility index (Phi) is 6.49. The fourth-order valence-corrected chi connectivity index (χ4v) is 4.66. The van der Waals surface area contributed by atoms with Crippen molar-refractivity contribution < 1.29 is 4.79 Å². The number of benzene rings is 1. The average Bonchev–Trinajstić information content (AvgIpc) is 2.97. The molecule has 6 nitrogen and oxygen atoms in total. The van der Waals surface area contributed by atoms with E-state index in [9.17, 15) is 9.59 Å². The Morgan fingerprint density at radius 2 is 2.07 bits per heavy atom. The summed E-state index contributed by atoms with van der Waals surface area (Å²) >= 11 is 2.91. The number of thiophene rings is 1. The fraction of sp³-hybridized carbons (Fsp3) is 0.300. The molecule has 1 amide bonds. The van der Waals surface area contributed by atoms with Crippen LogP contribution in [0, 0.1) is 25.2 Å². The Bertz CT molecular complexity index is 1080. The molecule has 0 saturated heterocycles. The smallest absolute Gasteiger partial charge is 0.259 e. The molecule has 0 spiro atoms. The van der Waals surface area contributed by atoms with E-state index in [1.165, 1.54) is 23.1 Å². The topological polar surface area (TPSA) is 89.8 Å². The fourth-order valence-electron chi connectivity index (χ4n) is 2.85. The van der Waals surface area contributed by atoms with Crippen LogP contribution in [0.2, 0.25) is 0 Å². The first kappa shape index (κ1) is 20.1. The standard InChI is InChI=1S/C20H20N4O2S2/c1-13-14(2)28-20-18(13)19(26)22-16(23-20)11-27-12-17(25)24(10-6-9-21)15-7-4-3-5-8-15/h3-5,7-8H,6,10-12H2,1-2H3,(H,22,23,26). The predicted octanol–water partition coefficient (Wildman–Crippen LogP) is 3.78. The lowest BCUT2D eigenvalue weighted by molar-refractivity contribution is -0.116. The van der Waals surface area contributed by atoms with Crippen molar-refractivity contribution in [3.63, 3.8) is 0 Å². The number of hydrogen-bond acceptors (Lipinski definition) is 6. The number of carbonyl (C=O) groups is 1. The number of thioether (sulfide) groups is 1. The number of aryl methyl sites for hydroxylation is 2. The zero-order valence-electron chi connectivity index (χ0n) is 15.7. The monoisotopic (exact) mass is 412 g/mol. The minimum Gasteiger partial charge on any atom is -0.311 e.